The molecule has 0 saturated heterocycles. The summed E-state index contributed by atoms with van der Waals surface area (Å²) in [6.45, 7) is 26.0. The molecule has 5 rings (SSSR count). The quantitative estimate of drug-likeness (QED) is 0.204. The zero-order valence-electron chi connectivity index (χ0n) is 27.4. The van der Waals surface area contributed by atoms with Gasteiger partial charge in [-0.1, -0.05) is 60.1 Å². The van der Waals surface area contributed by atoms with Gasteiger partial charge in [0.15, 0.2) is 8.32 Å². The molecule has 1 heterocycles. The Balaban J connectivity index is 1.45. The number of rotatable bonds is 5. The normalized spacial score (nSPS) is 44.9. The number of carbonyl (C=O) groups is 1. The molecule has 0 radical (unpaired) electrons. The maximum atomic E-state index is 13.0. The number of ether oxygens (including phenoxy) is 1. The summed E-state index contributed by atoms with van der Waals surface area (Å²) in [5.41, 5.74) is 3.61. The highest BCUT2D eigenvalue weighted by molar-refractivity contribution is 6.74. The van der Waals surface area contributed by atoms with E-state index in [1.165, 1.54) is 17.6 Å². The van der Waals surface area contributed by atoms with E-state index in [0.29, 0.717) is 17.9 Å². The first kappa shape index (κ1) is 30.5. The van der Waals surface area contributed by atoms with Gasteiger partial charge >= 0.3 is 5.97 Å². The molecule has 226 valence electrons. The predicted octanol–water partition coefficient (Wildman–Crippen LogP) is 8.60. The number of esters is 1. The molecule has 1 N–H and O–H groups in total. The molecule has 0 aromatic heterocycles. The Kier molecular flexibility index (Phi) is 7.49. The average Bonchev–Trinajstić information content (AvgIpc) is 3.26. The molecule has 40 heavy (non-hydrogen) atoms. The van der Waals surface area contributed by atoms with Crippen LogP contribution in [0.4, 0.5) is 0 Å². The largest absolute Gasteiger partial charge is 0.454 e. The van der Waals surface area contributed by atoms with E-state index in [4.69, 9.17) is 9.16 Å². The highest BCUT2D eigenvalue weighted by Gasteiger charge is 2.71. The van der Waals surface area contributed by atoms with Crippen molar-refractivity contribution in [3.8, 4) is 0 Å². The Morgan fingerprint density at radius 1 is 1.12 bits per heavy atom. The van der Waals surface area contributed by atoms with E-state index in [1.807, 2.05) is 0 Å². The topological polar surface area (TPSA) is 55.8 Å². The molecule has 10 atom stereocenters. The van der Waals surface area contributed by atoms with E-state index in [1.54, 1.807) is 0 Å². The first-order valence-corrected chi connectivity index (χ1v) is 19.2. The predicted molar refractivity (Wildman–Crippen MR) is 165 cm³/mol. The number of aliphatic hydroxyl groups excluding tert-OH is 1. The van der Waals surface area contributed by atoms with Gasteiger partial charge in [0.2, 0.25) is 0 Å². The molecule has 6 unspecified atom stereocenters. The van der Waals surface area contributed by atoms with Crippen LogP contribution >= 0.6 is 0 Å². The average molecular weight is 571 g/mol. The van der Waals surface area contributed by atoms with Gasteiger partial charge in [0, 0.05) is 11.7 Å². The second-order valence-electron chi connectivity index (χ2n) is 17.0. The maximum Gasteiger partial charge on any atom is 0.334 e. The van der Waals surface area contributed by atoms with Crippen LogP contribution in [0, 0.1) is 39.9 Å². The third-order valence-corrected chi connectivity index (χ3v) is 18.2. The standard InChI is InChI=1S/C35H58O4Si/c1-21(2)13-12-14-23-29-25-19-26(36)30-33(7)17-16-27(39-40(10,11)32(4,5)6)22(3)24(33)15-18-34(30,8)35(25,9)20-28(29)38-31(23)37/h13,22,24-28,30,36H,12,14-20H2,1-11H3/t22?,24?,25?,26?,27?,28-,30?,33-,34-,35-/m0/s1. The number of carbonyl (C=O) groups excluding carboxylic acids is 1. The van der Waals surface area contributed by atoms with Crippen LogP contribution in [-0.2, 0) is 14.0 Å². The zero-order chi connectivity index (χ0) is 29.6. The Morgan fingerprint density at radius 2 is 1.80 bits per heavy atom. The van der Waals surface area contributed by atoms with Gasteiger partial charge < -0.3 is 14.3 Å². The van der Waals surface area contributed by atoms with Crippen molar-refractivity contribution in [2.75, 3.05) is 0 Å². The van der Waals surface area contributed by atoms with Gasteiger partial charge in [-0.05, 0) is 129 Å². The van der Waals surface area contributed by atoms with Crippen molar-refractivity contribution in [1.29, 1.82) is 0 Å². The lowest BCUT2D eigenvalue weighted by Crippen LogP contribution is -2.66. The van der Waals surface area contributed by atoms with Crippen LogP contribution < -0.4 is 0 Å². The molecule has 1 aliphatic heterocycles. The lowest BCUT2D eigenvalue weighted by molar-refractivity contribution is -0.233. The fraction of sp³-hybridized carbons (Fsp3) is 0.857. The molecule has 0 bridgehead atoms. The lowest BCUT2D eigenvalue weighted by atomic mass is 9.36. The molecule has 4 nitrogen and oxygen atoms in total. The minimum absolute atomic E-state index is 0.0161. The Bertz CT molecular complexity index is 1100. The van der Waals surface area contributed by atoms with E-state index < -0.39 is 8.32 Å². The van der Waals surface area contributed by atoms with Gasteiger partial charge in [0.25, 0.3) is 0 Å². The van der Waals surface area contributed by atoms with Crippen molar-refractivity contribution >= 4 is 14.3 Å². The minimum Gasteiger partial charge on any atom is -0.454 e. The van der Waals surface area contributed by atoms with Gasteiger partial charge in [-0.15, -0.1) is 0 Å². The minimum atomic E-state index is -1.85. The molecule has 4 saturated carbocycles. The van der Waals surface area contributed by atoms with Gasteiger partial charge in [0.1, 0.15) is 6.10 Å². The van der Waals surface area contributed by atoms with Gasteiger partial charge in [-0.25, -0.2) is 4.79 Å². The number of fused-ring (bicyclic) bond motifs is 7. The fourth-order valence-electron chi connectivity index (χ4n) is 10.5. The van der Waals surface area contributed by atoms with E-state index in [9.17, 15) is 9.90 Å². The second kappa shape index (κ2) is 9.81. The van der Waals surface area contributed by atoms with E-state index in [-0.39, 0.29) is 51.3 Å². The van der Waals surface area contributed by atoms with E-state index >= 15 is 0 Å². The van der Waals surface area contributed by atoms with Crippen LogP contribution in [0.3, 0.4) is 0 Å². The lowest BCUT2D eigenvalue weighted by Gasteiger charge is -2.69. The zero-order valence-corrected chi connectivity index (χ0v) is 28.4. The van der Waals surface area contributed by atoms with Gasteiger partial charge in [0.05, 0.1) is 6.10 Å². The fourth-order valence-corrected chi connectivity index (χ4v) is 11.9. The van der Waals surface area contributed by atoms with Crippen LogP contribution in [0.5, 0.6) is 0 Å². The summed E-state index contributed by atoms with van der Waals surface area (Å²) in [5, 5.41) is 12.3. The third-order valence-electron chi connectivity index (χ3n) is 13.7. The molecule has 4 fully saturated rings. The van der Waals surface area contributed by atoms with Crippen LogP contribution in [0.25, 0.3) is 0 Å². The summed E-state index contributed by atoms with van der Waals surface area (Å²) in [4.78, 5) is 13.0. The van der Waals surface area contributed by atoms with Crippen molar-refractivity contribution in [3.05, 3.63) is 22.8 Å². The summed E-state index contributed by atoms with van der Waals surface area (Å²) in [5.74, 6) is 1.47. The highest BCUT2D eigenvalue weighted by atomic mass is 28.4. The summed E-state index contributed by atoms with van der Waals surface area (Å²) in [6, 6.07) is 0. The summed E-state index contributed by atoms with van der Waals surface area (Å²) >= 11 is 0. The van der Waals surface area contributed by atoms with Crippen molar-refractivity contribution in [2.45, 2.75) is 150 Å². The van der Waals surface area contributed by atoms with Crippen LogP contribution in [-0.4, -0.2) is 37.7 Å². The summed E-state index contributed by atoms with van der Waals surface area (Å²) in [7, 11) is -1.85. The van der Waals surface area contributed by atoms with Crippen LogP contribution in [0.15, 0.2) is 22.8 Å². The molecule has 0 aromatic rings. The van der Waals surface area contributed by atoms with Crippen molar-refractivity contribution in [1.82, 2.24) is 0 Å². The smallest absolute Gasteiger partial charge is 0.334 e. The highest BCUT2D eigenvalue weighted by Crippen LogP contribution is 2.75. The van der Waals surface area contributed by atoms with Gasteiger partial charge in [-0.3, -0.25) is 0 Å². The molecule has 0 aromatic carbocycles. The Labute approximate surface area is 245 Å². The Morgan fingerprint density at radius 3 is 2.42 bits per heavy atom. The van der Waals surface area contributed by atoms with E-state index in [0.717, 1.165) is 50.5 Å². The number of hydrogen-bond acceptors (Lipinski definition) is 4. The number of allylic oxidation sites excluding steroid dienone is 2. The van der Waals surface area contributed by atoms with Crippen molar-refractivity contribution in [2.24, 2.45) is 39.9 Å². The SMILES string of the molecule is CC(C)=CCCC1=C2C3CC(O)C4[C@@]5(C)CCC(O[Si](C)(C)C(C)(C)C)C(C)C5CC[C@]4(C)[C@@]3(C)C[C@@H]2OC1=O. The molecule has 5 aliphatic rings. The van der Waals surface area contributed by atoms with Gasteiger partial charge in [-0.2, -0.15) is 0 Å². The first-order chi connectivity index (χ1) is 18.4. The number of aliphatic hydroxyl groups is 1. The molecular weight excluding hydrogens is 512 g/mol. The van der Waals surface area contributed by atoms with Crippen LogP contribution in [0.1, 0.15) is 114 Å². The molecule has 0 spiro atoms. The molecule has 0 amide bonds. The number of hydrogen-bond donors (Lipinski definition) is 1. The van der Waals surface area contributed by atoms with Crippen molar-refractivity contribution in [3.63, 3.8) is 0 Å². The summed E-state index contributed by atoms with van der Waals surface area (Å²) in [6.07, 6.45) is 10.0. The Hall–Kier alpha value is -0.913. The molecule has 5 heteroatoms. The first-order valence-electron chi connectivity index (χ1n) is 16.3. The molecule has 4 aliphatic carbocycles. The summed E-state index contributed by atoms with van der Waals surface area (Å²) < 4.78 is 13.1. The third kappa shape index (κ3) is 4.37. The maximum absolute atomic E-state index is 13.0. The molecular formula is C35H58O4Si. The second-order valence-corrected chi connectivity index (χ2v) is 21.7. The van der Waals surface area contributed by atoms with E-state index in [2.05, 4.69) is 81.5 Å². The van der Waals surface area contributed by atoms with Crippen LogP contribution in [0.2, 0.25) is 18.1 Å². The van der Waals surface area contributed by atoms with Crippen molar-refractivity contribution < 1.29 is 19.1 Å². The monoisotopic (exact) mass is 570 g/mol.